The van der Waals surface area contributed by atoms with Crippen LogP contribution in [0.15, 0.2) is 29.8 Å². The van der Waals surface area contributed by atoms with E-state index in [9.17, 15) is 0 Å². The largest absolute Gasteiger partial charge is 0.493 e. The van der Waals surface area contributed by atoms with Crippen molar-refractivity contribution in [2.24, 2.45) is 0 Å². The summed E-state index contributed by atoms with van der Waals surface area (Å²) in [6, 6.07) is 7.55. The maximum atomic E-state index is 9.16. The van der Waals surface area contributed by atoms with E-state index < -0.39 is 0 Å². The maximum absolute atomic E-state index is 9.16. The third kappa shape index (κ3) is 3.05. The first kappa shape index (κ1) is 12.1. The molecular formula is C13H15NO2S. The molecule has 0 aliphatic heterocycles. The molecule has 90 valence electrons. The van der Waals surface area contributed by atoms with E-state index in [4.69, 9.17) is 9.84 Å². The first-order chi connectivity index (χ1) is 8.31. The van der Waals surface area contributed by atoms with Crippen molar-refractivity contribution in [1.29, 1.82) is 0 Å². The fourth-order valence-electron chi connectivity index (χ4n) is 1.60. The fraction of sp³-hybridized carbons (Fsp3) is 0.308. The molecule has 4 heteroatoms. The van der Waals surface area contributed by atoms with Gasteiger partial charge in [-0.15, -0.1) is 11.3 Å². The molecule has 1 aromatic heterocycles. The zero-order chi connectivity index (χ0) is 12.1. The highest BCUT2D eigenvalue weighted by atomic mass is 32.1. The van der Waals surface area contributed by atoms with Gasteiger partial charge in [0.2, 0.25) is 0 Å². The number of hydrogen-bond acceptors (Lipinski definition) is 4. The van der Waals surface area contributed by atoms with Gasteiger partial charge in [0.25, 0.3) is 0 Å². The van der Waals surface area contributed by atoms with Gasteiger partial charge in [-0.1, -0.05) is 18.2 Å². The molecule has 0 unspecified atom stereocenters. The standard InChI is InChI=1S/C13H15NO2S/c1-10-13(17-9-14-10)6-7-16-12-5-3-2-4-11(12)8-15/h2-5,9,15H,6-8H2,1H3. The zero-order valence-electron chi connectivity index (χ0n) is 9.72. The van der Waals surface area contributed by atoms with Crippen LogP contribution >= 0.6 is 11.3 Å². The molecule has 0 bridgehead atoms. The molecule has 0 fully saturated rings. The summed E-state index contributed by atoms with van der Waals surface area (Å²) in [6.45, 7) is 2.63. The second kappa shape index (κ2) is 5.80. The summed E-state index contributed by atoms with van der Waals surface area (Å²) in [5.41, 5.74) is 3.76. The molecule has 3 nitrogen and oxygen atoms in total. The summed E-state index contributed by atoms with van der Waals surface area (Å²) in [4.78, 5) is 5.45. The van der Waals surface area contributed by atoms with Crippen molar-refractivity contribution in [1.82, 2.24) is 4.98 Å². The second-order valence-corrected chi connectivity index (χ2v) is 4.66. The van der Waals surface area contributed by atoms with Crippen molar-refractivity contribution in [2.45, 2.75) is 20.0 Å². The van der Waals surface area contributed by atoms with Gasteiger partial charge < -0.3 is 9.84 Å². The highest BCUT2D eigenvalue weighted by Crippen LogP contribution is 2.19. The molecule has 1 heterocycles. The van der Waals surface area contributed by atoms with Crippen molar-refractivity contribution in [3.63, 3.8) is 0 Å². The van der Waals surface area contributed by atoms with Crippen LogP contribution in [0.25, 0.3) is 0 Å². The minimum atomic E-state index is 0.00968. The lowest BCUT2D eigenvalue weighted by Crippen LogP contribution is -2.03. The van der Waals surface area contributed by atoms with Crippen LogP contribution in [0, 0.1) is 6.92 Å². The number of aryl methyl sites for hydroxylation is 1. The number of benzene rings is 1. The van der Waals surface area contributed by atoms with Gasteiger partial charge >= 0.3 is 0 Å². The molecule has 2 aromatic rings. The lowest BCUT2D eigenvalue weighted by Gasteiger charge is -2.09. The second-order valence-electron chi connectivity index (χ2n) is 3.73. The summed E-state index contributed by atoms with van der Waals surface area (Å²) in [5.74, 6) is 0.761. The SMILES string of the molecule is Cc1ncsc1CCOc1ccccc1CO. The number of hydrogen-bond donors (Lipinski definition) is 1. The molecule has 17 heavy (non-hydrogen) atoms. The van der Waals surface area contributed by atoms with Crippen molar-refractivity contribution in [2.75, 3.05) is 6.61 Å². The molecule has 0 aliphatic carbocycles. The number of nitrogens with zero attached hydrogens (tertiary/aromatic N) is 1. The normalized spacial score (nSPS) is 10.5. The topological polar surface area (TPSA) is 42.4 Å². The minimum Gasteiger partial charge on any atom is -0.493 e. The van der Waals surface area contributed by atoms with Crippen molar-refractivity contribution in [3.8, 4) is 5.75 Å². The number of thiazole rings is 1. The lowest BCUT2D eigenvalue weighted by molar-refractivity contribution is 0.264. The smallest absolute Gasteiger partial charge is 0.124 e. The van der Waals surface area contributed by atoms with Gasteiger partial charge in [0.15, 0.2) is 0 Å². The van der Waals surface area contributed by atoms with Crippen LogP contribution in [0.5, 0.6) is 5.75 Å². The average molecular weight is 249 g/mol. The molecule has 2 rings (SSSR count). The van der Waals surface area contributed by atoms with Crippen LogP contribution < -0.4 is 4.74 Å². The van der Waals surface area contributed by atoms with Gasteiger partial charge in [0, 0.05) is 16.9 Å². The fourth-order valence-corrected chi connectivity index (χ4v) is 2.36. The molecular weight excluding hydrogens is 234 g/mol. The van der Waals surface area contributed by atoms with E-state index in [2.05, 4.69) is 4.98 Å². The summed E-state index contributed by atoms with van der Waals surface area (Å²) >= 11 is 1.65. The highest BCUT2D eigenvalue weighted by molar-refractivity contribution is 7.09. The Hall–Kier alpha value is -1.39. The maximum Gasteiger partial charge on any atom is 0.124 e. The number of ether oxygens (including phenoxy) is 1. The lowest BCUT2D eigenvalue weighted by atomic mass is 10.2. The third-order valence-corrected chi connectivity index (χ3v) is 3.57. The monoisotopic (exact) mass is 249 g/mol. The average Bonchev–Trinajstić information content (AvgIpc) is 2.76. The summed E-state index contributed by atoms with van der Waals surface area (Å²) in [6.07, 6.45) is 0.857. The minimum absolute atomic E-state index is 0.00968. The number of aliphatic hydroxyl groups excluding tert-OH is 1. The predicted octanol–water partition coefficient (Wildman–Crippen LogP) is 2.57. The first-order valence-electron chi connectivity index (χ1n) is 5.52. The summed E-state index contributed by atoms with van der Waals surface area (Å²) < 4.78 is 5.68. The van der Waals surface area contributed by atoms with Gasteiger partial charge in [0.05, 0.1) is 24.4 Å². The molecule has 0 saturated carbocycles. The molecule has 0 saturated heterocycles. The van der Waals surface area contributed by atoms with Crippen LogP contribution in [0.1, 0.15) is 16.1 Å². The van der Waals surface area contributed by atoms with E-state index in [0.717, 1.165) is 23.4 Å². The number of aliphatic hydroxyl groups is 1. The number of aromatic nitrogens is 1. The Bertz CT molecular complexity index is 482. The summed E-state index contributed by atoms with van der Waals surface area (Å²) in [5, 5.41) is 9.16. The van der Waals surface area contributed by atoms with Crippen molar-refractivity contribution >= 4 is 11.3 Å². The van der Waals surface area contributed by atoms with E-state index >= 15 is 0 Å². The van der Waals surface area contributed by atoms with Gasteiger partial charge in [-0.25, -0.2) is 4.98 Å². The quantitative estimate of drug-likeness (QED) is 0.885. The van der Waals surface area contributed by atoms with Crippen LogP contribution in [-0.2, 0) is 13.0 Å². The van der Waals surface area contributed by atoms with Gasteiger partial charge in [0.1, 0.15) is 5.75 Å². The molecule has 0 atom stereocenters. The van der Waals surface area contributed by atoms with Crippen LogP contribution in [0.3, 0.4) is 0 Å². The number of para-hydroxylation sites is 1. The first-order valence-corrected chi connectivity index (χ1v) is 6.39. The Labute approximate surface area is 105 Å². The predicted molar refractivity (Wildman–Crippen MR) is 68.4 cm³/mol. The molecule has 0 aliphatic rings. The summed E-state index contributed by atoms with van der Waals surface area (Å²) in [7, 11) is 0. The molecule has 1 aromatic carbocycles. The van der Waals surface area contributed by atoms with E-state index in [1.54, 1.807) is 11.3 Å². The molecule has 1 N–H and O–H groups in total. The van der Waals surface area contributed by atoms with Crippen LogP contribution in [0.2, 0.25) is 0 Å². The van der Waals surface area contributed by atoms with Gasteiger partial charge in [-0.3, -0.25) is 0 Å². The molecule has 0 amide bonds. The third-order valence-electron chi connectivity index (χ3n) is 2.57. The van der Waals surface area contributed by atoms with Gasteiger partial charge in [-0.2, -0.15) is 0 Å². The van der Waals surface area contributed by atoms with Crippen molar-refractivity contribution in [3.05, 3.63) is 45.9 Å². The van der Waals surface area contributed by atoms with Crippen molar-refractivity contribution < 1.29 is 9.84 Å². The molecule has 0 radical (unpaired) electrons. The van der Waals surface area contributed by atoms with E-state index in [1.807, 2.05) is 36.7 Å². The zero-order valence-corrected chi connectivity index (χ0v) is 10.5. The van der Waals surface area contributed by atoms with E-state index in [0.29, 0.717) is 6.61 Å². The van der Waals surface area contributed by atoms with E-state index in [1.165, 1.54) is 4.88 Å². The Balaban J connectivity index is 1.92. The Morgan fingerprint density at radius 3 is 2.88 bits per heavy atom. The van der Waals surface area contributed by atoms with Gasteiger partial charge in [-0.05, 0) is 13.0 Å². The molecule has 0 spiro atoms. The Morgan fingerprint density at radius 1 is 1.35 bits per heavy atom. The Kier molecular flexibility index (Phi) is 4.12. The van der Waals surface area contributed by atoms with Crippen LogP contribution in [-0.4, -0.2) is 16.7 Å². The van der Waals surface area contributed by atoms with Crippen LogP contribution in [0.4, 0.5) is 0 Å². The van der Waals surface area contributed by atoms with E-state index in [-0.39, 0.29) is 6.61 Å². The number of rotatable bonds is 5. The Morgan fingerprint density at radius 2 is 2.18 bits per heavy atom. The highest BCUT2D eigenvalue weighted by Gasteiger charge is 2.04.